The Labute approximate surface area is 120 Å². The van der Waals surface area contributed by atoms with Crippen LogP contribution in [0.25, 0.3) is 0 Å². The van der Waals surface area contributed by atoms with E-state index in [1.54, 1.807) is 0 Å². The Morgan fingerprint density at radius 1 is 1.55 bits per heavy atom. The molecule has 11 heteroatoms. The van der Waals surface area contributed by atoms with Gasteiger partial charge in [-0.3, -0.25) is 10.1 Å². The molecule has 1 aromatic heterocycles. The third kappa shape index (κ3) is 3.86. The summed E-state index contributed by atoms with van der Waals surface area (Å²) in [5.41, 5.74) is 1.77. The monoisotopic (exact) mass is 323 g/mol. The summed E-state index contributed by atoms with van der Waals surface area (Å²) < 4.78 is 26.4. The molecule has 0 aliphatic heterocycles. The Hall–Kier alpha value is -1.27. The standard InChI is InChI=1S/C9H17N5O4S2/c1-6(13(2)3)5-11-20(17,18)8-4-7(14(15)16)9(12-10)19-8/h4,6,11-12H,5,10H2,1-3H3. The smallest absolute Gasteiger partial charge is 0.306 e. The second-order valence-corrected chi connectivity index (χ2v) is 7.39. The van der Waals surface area contributed by atoms with Gasteiger partial charge in [0.15, 0.2) is 5.00 Å². The lowest BCUT2D eigenvalue weighted by Crippen LogP contribution is -2.37. The topological polar surface area (TPSA) is 131 Å². The Bertz CT molecular complexity index is 583. The van der Waals surface area contributed by atoms with Gasteiger partial charge >= 0.3 is 5.69 Å². The molecule has 1 rings (SSSR count). The van der Waals surface area contributed by atoms with E-state index in [4.69, 9.17) is 5.84 Å². The molecule has 4 N–H and O–H groups in total. The zero-order chi connectivity index (χ0) is 15.5. The number of likely N-dealkylation sites (N-methyl/N-ethyl adjacent to an activating group) is 1. The maximum Gasteiger partial charge on any atom is 0.306 e. The molecule has 0 aliphatic rings. The van der Waals surface area contributed by atoms with Gasteiger partial charge in [0.05, 0.1) is 4.92 Å². The zero-order valence-corrected chi connectivity index (χ0v) is 12.9. The predicted octanol–water partition coefficient (Wildman–Crippen LogP) is 0.170. The largest absolute Gasteiger partial charge is 0.310 e. The van der Waals surface area contributed by atoms with Crippen LogP contribution in [0, 0.1) is 10.1 Å². The van der Waals surface area contributed by atoms with Crippen LogP contribution in [0.3, 0.4) is 0 Å². The Kier molecular flexibility index (Phi) is 5.42. The van der Waals surface area contributed by atoms with Gasteiger partial charge in [-0.2, -0.15) is 0 Å². The molecule has 114 valence electrons. The van der Waals surface area contributed by atoms with Crippen molar-refractivity contribution < 1.29 is 13.3 Å². The van der Waals surface area contributed by atoms with E-state index in [-0.39, 0.29) is 27.5 Å². The fourth-order valence-electron chi connectivity index (χ4n) is 1.21. The Balaban J connectivity index is 2.96. The highest BCUT2D eigenvalue weighted by Crippen LogP contribution is 2.36. The van der Waals surface area contributed by atoms with Crippen LogP contribution >= 0.6 is 11.3 Å². The molecule has 1 atom stereocenters. The predicted molar refractivity (Wildman–Crippen MR) is 77.1 cm³/mol. The van der Waals surface area contributed by atoms with E-state index < -0.39 is 14.9 Å². The van der Waals surface area contributed by atoms with Gasteiger partial charge in [-0.15, -0.1) is 0 Å². The second-order valence-electron chi connectivity index (χ2n) is 4.35. The van der Waals surface area contributed by atoms with E-state index in [0.717, 1.165) is 6.07 Å². The van der Waals surface area contributed by atoms with Crippen molar-refractivity contribution in [3.05, 3.63) is 16.2 Å². The van der Waals surface area contributed by atoms with Gasteiger partial charge in [0, 0.05) is 18.7 Å². The molecule has 20 heavy (non-hydrogen) atoms. The van der Waals surface area contributed by atoms with E-state index in [0.29, 0.717) is 11.3 Å². The number of nitrogens with zero attached hydrogens (tertiary/aromatic N) is 2. The SMILES string of the molecule is CC(CNS(=O)(=O)c1cc([N+](=O)[O-])c(NN)s1)N(C)C. The fraction of sp³-hybridized carbons (Fsp3) is 0.556. The van der Waals surface area contributed by atoms with Crippen molar-refractivity contribution in [2.45, 2.75) is 17.2 Å². The van der Waals surface area contributed by atoms with Crippen LogP contribution in [0.1, 0.15) is 6.92 Å². The van der Waals surface area contributed by atoms with Gasteiger partial charge in [-0.25, -0.2) is 19.0 Å². The molecular weight excluding hydrogens is 306 g/mol. The summed E-state index contributed by atoms with van der Waals surface area (Å²) in [4.78, 5) is 11.9. The summed E-state index contributed by atoms with van der Waals surface area (Å²) in [6.07, 6.45) is 0. The molecule has 1 aromatic rings. The third-order valence-corrected chi connectivity index (χ3v) is 5.69. The summed E-state index contributed by atoms with van der Waals surface area (Å²) in [6, 6.07) is 0.981. The molecule has 0 bridgehead atoms. The molecule has 9 nitrogen and oxygen atoms in total. The van der Waals surface area contributed by atoms with Crippen molar-refractivity contribution in [1.29, 1.82) is 0 Å². The minimum atomic E-state index is -3.79. The molecule has 0 saturated heterocycles. The molecule has 0 aliphatic carbocycles. The van der Waals surface area contributed by atoms with Crippen LogP contribution in [0.5, 0.6) is 0 Å². The molecule has 0 amide bonds. The second kappa shape index (κ2) is 6.45. The number of sulfonamides is 1. The lowest BCUT2D eigenvalue weighted by molar-refractivity contribution is -0.383. The van der Waals surface area contributed by atoms with Gasteiger partial charge in [0.25, 0.3) is 0 Å². The molecule has 0 radical (unpaired) electrons. The average molecular weight is 323 g/mol. The molecule has 0 spiro atoms. The summed E-state index contributed by atoms with van der Waals surface area (Å²) in [5, 5.41) is 10.8. The van der Waals surface area contributed by atoms with Gasteiger partial charge in [0.2, 0.25) is 10.0 Å². The van der Waals surface area contributed by atoms with Crippen molar-refractivity contribution in [3.63, 3.8) is 0 Å². The summed E-state index contributed by atoms with van der Waals surface area (Å²) in [5.74, 6) is 5.14. The van der Waals surface area contributed by atoms with Crippen LogP contribution < -0.4 is 16.0 Å². The van der Waals surface area contributed by atoms with Crippen LogP contribution in [0.4, 0.5) is 10.7 Å². The van der Waals surface area contributed by atoms with Crippen LogP contribution in [0.15, 0.2) is 10.3 Å². The van der Waals surface area contributed by atoms with E-state index in [2.05, 4.69) is 10.1 Å². The number of nitrogen functional groups attached to an aromatic ring is 1. The number of nitro groups is 1. The van der Waals surface area contributed by atoms with Crippen molar-refractivity contribution in [3.8, 4) is 0 Å². The first kappa shape index (κ1) is 16.8. The van der Waals surface area contributed by atoms with E-state index in [9.17, 15) is 18.5 Å². The highest BCUT2D eigenvalue weighted by molar-refractivity contribution is 7.91. The molecule has 1 unspecified atom stereocenters. The number of hydrogen-bond donors (Lipinski definition) is 3. The molecule has 1 heterocycles. The zero-order valence-electron chi connectivity index (χ0n) is 11.3. The van der Waals surface area contributed by atoms with Gasteiger partial charge in [0.1, 0.15) is 4.21 Å². The number of hydrogen-bond acceptors (Lipinski definition) is 8. The van der Waals surface area contributed by atoms with Gasteiger partial charge in [-0.05, 0) is 21.0 Å². The lowest BCUT2D eigenvalue weighted by Gasteiger charge is -2.19. The summed E-state index contributed by atoms with van der Waals surface area (Å²) in [6.45, 7) is 2.05. The third-order valence-electron chi connectivity index (χ3n) is 2.73. The van der Waals surface area contributed by atoms with Crippen LogP contribution in [0.2, 0.25) is 0 Å². The van der Waals surface area contributed by atoms with Crippen LogP contribution in [-0.2, 0) is 10.0 Å². The number of thiophene rings is 1. The Morgan fingerprint density at radius 2 is 2.15 bits per heavy atom. The van der Waals surface area contributed by atoms with Crippen molar-refractivity contribution in [2.24, 2.45) is 5.84 Å². The fourth-order valence-corrected chi connectivity index (χ4v) is 3.62. The first-order valence-corrected chi connectivity index (χ1v) is 7.90. The van der Waals surface area contributed by atoms with Gasteiger partial charge < -0.3 is 10.3 Å². The van der Waals surface area contributed by atoms with E-state index in [1.807, 2.05) is 25.9 Å². The summed E-state index contributed by atoms with van der Waals surface area (Å²) in [7, 11) is -0.143. The molecular formula is C9H17N5O4S2. The Morgan fingerprint density at radius 3 is 2.55 bits per heavy atom. The maximum absolute atomic E-state index is 12.1. The first-order chi connectivity index (χ1) is 9.19. The number of nitrogens with two attached hydrogens (primary N) is 1. The molecule has 0 saturated carbocycles. The highest BCUT2D eigenvalue weighted by atomic mass is 32.2. The number of rotatable bonds is 7. The lowest BCUT2D eigenvalue weighted by atomic mass is 10.3. The highest BCUT2D eigenvalue weighted by Gasteiger charge is 2.26. The first-order valence-electron chi connectivity index (χ1n) is 5.60. The summed E-state index contributed by atoms with van der Waals surface area (Å²) >= 11 is 0.713. The number of anilines is 1. The molecule has 0 fully saturated rings. The van der Waals surface area contributed by atoms with Gasteiger partial charge in [-0.1, -0.05) is 11.3 Å². The minimum Gasteiger partial charge on any atom is -0.310 e. The normalized spacial score (nSPS) is 13.4. The van der Waals surface area contributed by atoms with Crippen molar-refractivity contribution in [1.82, 2.24) is 9.62 Å². The average Bonchev–Trinajstić information content (AvgIpc) is 2.80. The quantitative estimate of drug-likeness (QED) is 0.370. The minimum absolute atomic E-state index is 0.00367. The van der Waals surface area contributed by atoms with E-state index in [1.165, 1.54) is 0 Å². The maximum atomic E-state index is 12.1. The van der Waals surface area contributed by atoms with Crippen molar-refractivity contribution >= 4 is 32.0 Å². The van der Waals surface area contributed by atoms with Crippen molar-refractivity contribution in [2.75, 3.05) is 26.1 Å². The van der Waals surface area contributed by atoms with E-state index >= 15 is 0 Å². The number of nitrogens with one attached hydrogen (secondary N) is 2. The molecule has 0 aromatic carbocycles. The van der Waals surface area contributed by atoms with Crippen LogP contribution in [-0.4, -0.2) is 44.9 Å². The number of hydrazine groups is 1.